The molecular weight excluding hydrogens is 362 g/mol. The molecule has 3 rings (SSSR count). The highest BCUT2D eigenvalue weighted by Gasteiger charge is 2.20. The van der Waals surface area contributed by atoms with Gasteiger partial charge in [-0.3, -0.25) is 4.79 Å². The predicted octanol–water partition coefficient (Wildman–Crippen LogP) is 5.19. The van der Waals surface area contributed by atoms with E-state index in [1.165, 1.54) is 0 Å². The van der Waals surface area contributed by atoms with Gasteiger partial charge in [-0.2, -0.15) is 0 Å². The Morgan fingerprint density at radius 3 is 2.55 bits per heavy atom. The first kappa shape index (κ1) is 20.4. The molecule has 0 aliphatic heterocycles. The highest BCUT2D eigenvalue weighted by atomic mass is 16.5. The molecule has 150 valence electrons. The molecule has 0 saturated carbocycles. The Bertz CT molecular complexity index is 971. The molecule has 1 heterocycles. The zero-order valence-electron chi connectivity index (χ0n) is 17.3. The molecule has 0 aliphatic carbocycles. The van der Waals surface area contributed by atoms with Crippen molar-refractivity contribution in [2.45, 2.75) is 33.4 Å². The van der Waals surface area contributed by atoms with Crippen LogP contribution >= 0.6 is 0 Å². The SMILES string of the molecule is COc1ccc(C)cc1Nc1cc(C(=O)N(Cc2ccccc2)C(C)C)ccn1. The Balaban J connectivity index is 1.84. The summed E-state index contributed by atoms with van der Waals surface area (Å²) in [7, 11) is 1.63. The average molecular weight is 389 g/mol. The molecule has 5 nitrogen and oxygen atoms in total. The van der Waals surface area contributed by atoms with Gasteiger partial charge in [0.15, 0.2) is 0 Å². The van der Waals surface area contributed by atoms with Gasteiger partial charge in [-0.15, -0.1) is 0 Å². The summed E-state index contributed by atoms with van der Waals surface area (Å²) in [4.78, 5) is 19.5. The Morgan fingerprint density at radius 1 is 1.10 bits per heavy atom. The number of hydrogen-bond donors (Lipinski definition) is 1. The number of nitrogens with zero attached hydrogens (tertiary/aromatic N) is 2. The number of rotatable bonds is 7. The fraction of sp³-hybridized carbons (Fsp3) is 0.250. The number of hydrogen-bond acceptors (Lipinski definition) is 4. The van der Waals surface area contributed by atoms with Crippen LogP contribution in [-0.2, 0) is 6.54 Å². The second kappa shape index (κ2) is 9.24. The van der Waals surface area contributed by atoms with Gasteiger partial charge in [0, 0.05) is 24.3 Å². The lowest BCUT2D eigenvalue weighted by Gasteiger charge is -2.27. The summed E-state index contributed by atoms with van der Waals surface area (Å²) < 4.78 is 5.42. The van der Waals surface area contributed by atoms with E-state index in [2.05, 4.69) is 10.3 Å². The van der Waals surface area contributed by atoms with Crippen LogP contribution in [0.4, 0.5) is 11.5 Å². The Labute approximate surface area is 172 Å². The molecule has 0 radical (unpaired) electrons. The van der Waals surface area contributed by atoms with Gasteiger partial charge in [0.05, 0.1) is 12.8 Å². The monoisotopic (exact) mass is 389 g/mol. The van der Waals surface area contributed by atoms with E-state index in [1.54, 1.807) is 25.4 Å². The van der Waals surface area contributed by atoms with Gasteiger partial charge in [-0.1, -0.05) is 36.4 Å². The number of carbonyl (C=O) groups is 1. The van der Waals surface area contributed by atoms with Crippen LogP contribution in [0.5, 0.6) is 5.75 Å². The summed E-state index contributed by atoms with van der Waals surface area (Å²) >= 11 is 0. The van der Waals surface area contributed by atoms with Crippen molar-refractivity contribution in [1.82, 2.24) is 9.88 Å². The Hall–Kier alpha value is -3.34. The van der Waals surface area contributed by atoms with Gasteiger partial charge in [0.2, 0.25) is 0 Å². The van der Waals surface area contributed by atoms with Gasteiger partial charge in [-0.25, -0.2) is 4.98 Å². The average Bonchev–Trinajstić information content (AvgIpc) is 2.72. The van der Waals surface area contributed by atoms with Crippen molar-refractivity contribution < 1.29 is 9.53 Å². The normalized spacial score (nSPS) is 10.7. The van der Waals surface area contributed by atoms with Gasteiger partial charge >= 0.3 is 0 Å². The second-order valence-corrected chi connectivity index (χ2v) is 7.27. The van der Waals surface area contributed by atoms with E-state index >= 15 is 0 Å². The number of amides is 1. The van der Waals surface area contributed by atoms with Crippen LogP contribution in [0, 0.1) is 6.92 Å². The smallest absolute Gasteiger partial charge is 0.254 e. The summed E-state index contributed by atoms with van der Waals surface area (Å²) in [6.07, 6.45) is 1.65. The fourth-order valence-corrected chi connectivity index (χ4v) is 3.12. The molecule has 1 N–H and O–H groups in total. The lowest BCUT2D eigenvalue weighted by Crippen LogP contribution is -2.36. The van der Waals surface area contributed by atoms with E-state index in [0.29, 0.717) is 17.9 Å². The second-order valence-electron chi connectivity index (χ2n) is 7.27. The van der Waals surface area contributed by atoms with E-state index in [0.717, 1.165) is 22.6 Å². The minimum Gasteiger partial charge on any atom is -0.495 e. The van der Waals surface area contributed by atoms with Crippen molar-refractivity contribution in [2.75, 3.05) is 12.4 Å². The van der Waals surface area contributed by atoms with E-state index < -0.39 is 0 Å². The molecule has 0 unspecified atom stereocenters. The molecule has 3 aromatic rings. The van der Waals surface area contributed by atoms with E-state index in [-0.39, 0.29) is 11.9 Å². The number of methoxy groups -OCH3 is 1. The topological polar surface area (TPSA) is 54.5 Å². The minimum absolute atomic E-state index is 0.0227. The highest BCUT2D eigenvalue weighted by molar-refractivity contribution is 5.95. The van der Waals surface area contributed by atoms with Gasteiger partial charge in [0.25, 0.3) is 5.91 Å². The van der Waals surface area contributed by atoms with Gasteiger partial charge in [0.1, 0.15) is 11.6 Å². The molecule has 5 heteroatoms. The molecule has 1 amide bonds. The number of ether oxygens (including phenoxy) is 1. The first-order chi connectivity index (χ1) is 14.0. The van der Waals surface area contributed by atoms with Crippen LogP contribution in [0.3, 0.4) is 0 Å². The molecule has 0 fully saturated rings. The molecule has 29 heavy (non-hydrogen) atoms. The third-order valence-corrected chi connectivity index (χ3v) is 4.70. The van der Waals surface area contributed by atoms with Crippen molar-refractivity contribution in [3.8, 4) is 5.75 Å². The van der Waals surface area contributed by atoms with Crippen molar-refractivity contribution in [2.24, 2.45) is 0 Å². The predicted molar refractivity (Wildman–Crippen MR) is 117 cm³/mol. The third kappa shape index (κ3) is 5.13. The van der Waals surface area contributed by atoms with Gasteiger partial charge in [-0.05, 0) is 56.2 Å². The van der Waals surface area contributed by atoms with Crippen LogP contribution < -0.4 is 10.1 Å². The first-order valence-corrected chi connectivity index (χ1v) is 9.70. The van der Waals surface area contributed by atoms with E-state index in [1.807, 2.05) is 74.2 Å². The first-order valence-electron chi connectivity index (χ1n) is 9.70. The summed E-state index contributed by atoms with van der Waals surface area (Å²) in [5.74, 6) is 1.30. The molecule has 0 bridgehead atoms. The van der Waals surface area contributed by atoms with Crippen LogP contribution in [0.25, 0.3) is 0 Å². The molecule has 2 aromatic carbocycles. The summed E-state index contributed by atoms with van der Waals surface area (Å²) in [5.41, 5.74) is 3.62. The maximum atomic E-state index is 13.2. The fourth-order valence-electron chi connectivity index (χ4n) is 3.12. The Morgan fingerprint density at radius 2 is 1.86 bits per heavy atom. The van der Waals surface area contributed by atoms with Crippen molar-refractivity contribution in [1.29, 1.82) is 0 Å². The van der Waals surface area contributed by atoms with Crippen LogP contribution in [0.15, 0.2) is 66.9 Å². The lowest BCUT2D eigenvalue weighted by molar-refractivity contribution is 0.0690. The van der Waals surface area contributed by atoms with E-state index in [9.17, 15) is 4.79 Å². The Kier molecular flexibility index (Phi) is 6.50. The van der Waals surface area contributed by atoms with Crippen molar-refractivity contribution >= 4 is 17.4 Å². The van der Waals surface area contributed by atoms with Crippen LogP contribution in [-0.4, -0.2) is 28.9 Å². The minimum atomic E-state index is -0.0227. The maximum absolute atomic E-state index is 13.2. The summed E-state index contributed by atoms with van der Waals surface area (Å²) in [5, 5.41) is 3.27. The third-order valence-electron chi connectivity index (χ3n) is 4.70. The number of pyridine rings is 1. The summed E-state index contributed by atoms with van der Waals surface area (Å²) in [6.45, 7) is 6.63. The largest absolute Gasteiger partial charge is 0.495 e. The zero-order valence-corrected chi connectivity index (χ0v) is 17.3. The molecular formula is C24H27N3O2. The van der Waals surface area contributed by atoms with Crippen LogP contribution in [0.1, 0.15) is 35.3 Å². The molecule has 0 aliphatic rings. The maximum Gasteiger partial charge on any atom is 0.254 e. The molecule has 1 aromatic heterocycles. The molecule has 0 saturated heterocycles. The number of carbonyl (C=O) groups excluding carboxylic acids is 1. The highest BCUT2D eigenvalue weighted by Crippen LogP contribution is 2.28. The number of nitrogens with one attached hydrogen (secondary N) is 1. The number of anilines is 2. The summed E-state index contributed by atoms with van der Waals surface area (Å²) in [6, 6.07) is 19.5. The standard InChI is InChI=1S/C24H27N3O2/c1-17(2)27(16-19-8-6-5-7-9-19)24(28)20-12-13-25-23(15-20)26-21-14-18(3)10-11-22(21)29-4/h5-15,17H,16H2,1-4H3,(H,25,26). The van der Waals surface area contributed by atoms with E-state index in [4.69, 9.17) is 4.74 Å². The van der Waals surface area contributed by atoms with Crippen molar-refractivity contribution in [3.05, 3.63) is 83.6 Å². The molecule has 0 spiro atoms. The van der Waals surface area contributed by atoms with Crippen LogP contribution in [0.2, 0.25) is 0 Å². The van der Waals surface area contributed by atoms with Gasteiger partial charge < -0.3 is 15.0 Å². The zero-order chi connectivity index (χ0) is 20.8. The number of aryl methyl sites for hydroxylation is 1. The molecule has 0 atom stereocenters. The van der Waals surface area contributed by atoms with Crippen molar-refractivity contribution in [3.63, 3.8) is 0 Å². The quantitative estimate of drug-likeness (QED) is 0.604. The number of aromatic nitrogens is 1. The number of benzene rings is 2. The lowest BCUT2D eigenvalue weighted by atomic mass is 10.1.